The van der Waals surface area contributed by atoms with Gasteiger partial charge in [-0.1, -0.05) is 146 Å². The summed E-state index contributed by atoms with van der Waals surface area (Å²) in [6.45, 7) is 0. The predicted molar refractivity (Wildman–Crippen MR) is 191 cm³/mol. The van der Waals surface area contributed by atoms with Crippen molar-refractivity contribution < 1.29 is 0 Å². The molecule has 216 valence electrons. The molecule has 0 N–H and O–H groups in total. The van der Waals surface area contributed by atoms with Crippen molar-refractivity contribution >= 4 is 21.5 Å². The minimum Gasteiger partial charge on any atom is -0.302 e. The molecule has 7 aromatic carbocycles. The Bertz CT molecular complexity index is 2440. The van der Waals surface area contributed by atoms with E-state index in [0.29, 0.717) is 5.69 Å². The van der Waals surface area contributed by atoms with Crippen LogP contribution < -0.4 is 5.69 Å². The van der Waals surface area contributed by atoms with E-state index >= 15 is 0 Å². The summed E-state index contributed by atoms with van der Waals surface area (Å²) in [5.41, 5.74) is 13.2. The standard InChI is InChI=1S/C43H28N2O/c1-45-26-36(42(44-43(45)46)29-18-9-4-10-19-29)30-24-25-35-39-31(30)22-13-23-34(39)40-37(27-14-5-2-6-15-27)32-20-11-12-21-33(32)38(41(35)40)28-16-7-3-8-17-28/h2-26H,1H3. The Labute approximate surface area is 266 Å². The molecule has 0 saturated carbocycles. The lowest BCUT2D eigenvalue weighted by molar-refractivity contribution is 0.815. The lowest BCUT2D eigenvalue weighted by Crippen LogP contribution is -2.20. The molecule has 3 nitrogen and oxygen atoms in total. The van der Waals surface area contributed by atoms with Gasteiger partial charge in [-0.15, -0.1) is 0 Å². The Morgan fingerprint density at radius 1 is 0.435 bits per heavy atom. The van der Waals surface area contributed by atoms with Gasteiger partial charge < -0.3 is 4.57 Å². The van der Waals surface area contributed by atoms with Gasteiger partial charge in [-0.3, -0.25) is 0 Å². The maximum atomic E-state index is 12.8. The van der Waals surface area contributed by atoms with Crippen LogP contribution in [0.5, 0.6) is 0 Å². The van der Waals surface area contributed by atoms with E-state index in [9.17, 15) is 4.79 Å². The molecule has 0 saturated heterocycles. The van der Waals surface area contributed by atoms with Crippen LogP contribution in [-0.4, -0.2) is 9.55 Å². The quantitative estimate of drug-likeness (QED) is 0.205. The van der Waals surface area contributed by atoms with Crippen molar-refractivity contribution in [3.05, 3.63) is 162 Å². The second-order valence-corrected chi connectivity index (χ2v) is 11.9. The zero-order valence-corrected chi connectivity index (χ0v) is 25.2. The van der Waals surface area contributed by atoms with E-state index in [1.165, 1.54) is 60.7 Å². The molecule has 1 aliphatic carbocycles. The fourth-order valence-electron chi connectivity index (χ4n) is 7.40. The summed E-state index contributed by atoms with van der Waals surface area (Å²) in [5.74, 6) is 0. The van der Waals surface area contributed by atoms with Crippen LogP contribution in [0.4, 0.5) is 0 Å². The average Bonchev–Trinajstić information content (AvgIpc) is 3.44. The van der Waals surface area contributed by atoms with Crippen LogP contribution in [-0.2, 0) is 7.05 Å². The molecule has 1 aliphatic rings. The number of aromatic nitrogens is 2. The molecule has 0 fully saturated rings. The third kappa shape index (κ3) is 3.85. The first-order valence-electron chi connectivity index (χ1n) is 15.6. The van der Waals surface area contributed by atoms with E-state index in [-0.39, 0.29) is 5.69 Å². The van der Waals surface area contributed by atoms with E-state index in [1.54, 1.807) is 11.6 Å². The van der Waals surface area contributed by atoms with Crippen LogP contribution in [0.2, 0.25) is 0 Å². The molecular formula is C43H28N2O. The smallest absolute Gasteiger partial charge is 0.302 e. The van der Waals surface area contributed by atoms with Crippen molar-refractivity contribution in [2.75, 3.05) is 0 Å². The maximum absolute atomic E-state index is 12.8. The topological polar surface area (TPSA) is 34.9 Å². The molecule has 0 atom stereocenters. The molecule has 0 bridgehead atoms. The Morgan fingerprint density at radius 2 is 0.913 bits per heavy atom. The normalized spacial score (nSPS) is 11.7. The van der Waals surface area contributed by atoms with E-state index in [2.05, 4.69) is 120 Å². The van der Waals surface area contributed by atoms with Gasteiger partial charge in [0.25, 0.3) is 0 Å². The largest absolute Gasteiger partial charge is 0.347 e. The van der Waals surface area contributed by atoms with Crippen LogP contribution in [0.15, 0.2) is 157 Å². The summed E-state index contributed by atoms with van der Waals surface area (Å²) < 4.78 is 1.58. The third-order valence-corrected chi connectivity index (χ3v) is 9.34. The SMILES string of the molecule is Cn1cc(-c2ccc3c4c(cccc24)-c2c-3c(-c3ccccc3)c3ccccc3c2-c2ccccc2)c(-c2ccccc2)nc1=O. The highest BCUT2D eigenvalue weighted by atomic mass is 16.1. The molecule has 0 radical (unpaired) electrons. The minimum atomic E-state index is -0.271. The first-order chi connectivity index (χ1) is 22.7. The molecule has 3 heteroatoms. The third-order valence-electron chi connectivity index (χ3n) is 9.34. The monoisotopic (exact) mass is 588 g/mol. The van der Waals surface area contributed by atoms with Crippen LogP contribution in [0.25, 0.3) is 88.4 Å². The van der Waals surface area contributed by atoms with Crippen molar-refractivity contribution in [2.45, 2.75) is 0 Å². The molecule has 1 heterocycles. The molecule has 9 rings (SSSR count). The maximum Gasteiger partial charge on any atom is 0.347 e. The fourth-order valence-corrected chi connectivity index (χ4v) is 7.40. The Balaban J connectivity index is 1.43. The van der Waals surface area contributed by atoms with Crippen molar-refractivity contribution in [2.24, 2.45) is 7.05 Å². The highest BCUT2D eigenvalue weighted by molar-refractivity contribution is 6.28. The second-order valence-electron chi connectivity index (χ2n) is 11.9. The van der Waals surface area contributed by atoms with Gasteiger partial charge in [0.2, 0.25) is 0 Å². The van der Waals surface area contributed by atoms with E-state index in [0.717, 1.165) is 22.1 Å². The fraction of sp³-hybridized carbons (Fsp3) is 0.0233. The van der Waals surface area contributed by atoms with Crippen LogP contribution in [0.1, 0.15) is 0 Å². The zero-order chi connectivity index (χ0) is 30.8. The number of benzene rings is 7. The Hall–Kier alpha value is -6.06. The number of hydrogen-bond donors (Lipinski definition) is 0. The molecule has 0 unspecified atom stereocenters. The van der Waals surface area contributed by atoms with Crippen molar-refractivity contribution in [1.29, 1.82) is 0 Å². The van der Waals surface area contributed by atoms with Crippen LogP contribution in [0.3, 0.4) is 0 Å². The van der Waals surface area contributed by atoms with Gasteiger partial charge in [0.1, 0.15) is 0 Å². The van der Waals surface area contributed by atoms with E-state index < -0.39 is 0 Å². The van der Waals surface area contributed by atoms with Crippen molar-refractivity contribution in [3.63, 3.8) is 0 Å². The number of nitrogens with zero attached hydrogens (tertiary/aromatic N) is 2. The molecule has 8 aromatic rings. The number of hydrogen-bond acceptors (Lipinski definition) is 2. The molecule has 0 amide bonds. The second kappa shape index (κ2) is 10.3. The highest BCUT2D eigenvalue weighted by Crippen LogP contribution is 2.58. The summed E-state index contributed by atoms with van der Waals surface area (Å²) in [5, 5.41) is 4.85. The van der Waals surface area contributed by atoms with Gasteiger partial charge in [-0.25, -0.2) is 4.79 Å². The lowest BCUT2D eigenvalue weighted by atomic mass is 9.82. The molecule has 46 heavy (non-hydrogen) atoms. The first kappa shape index (κ1) is 26.4. The predicted octanol–water partition coefficient (Wildman–Crippen LogP) is 10.4. The van der Waals surface area contributed by atoms with Crippen LogP contribution in [0, 0.1) is 0 Å². The van der Waals surface area contributed by atoms with Crippen molar-refractivity contribution in [1.82, 2.24) is 9.55 Å². The average molecular weight is 589 g/mol. The Kier molecular flexibility index (Phi) is 5.87. The number of rotatable bonds is 4. The summed E-state index contributed by atoms with van der Waals surface area (Å²) in [6.07, 6.45) is 1.93. The molecule has 0 aliphatic heterocycles. The summed E-state index contributed by atoms with van der Waals surface area (Å²) in [7, 11) is 1.77. The summed E-state index contributed by atoms with van der Waals surface area (Å²) in [4.78, 5) is 17.4. The minimum absolute atomic E-state index is 0.271. The van der Waals surface area contributed by atoms with Gasteiger partial charge >= 0.3 is 5.69 Å². The van der Waals surface area contributed by atoms with E-state index in [1.807, 2.05) is 36.5 Å². The Morgan fingerprint density at radius 3 is 1.50 bits per heavy atom. The number of fused-ring (bicyclic) bond motifs is 4. The summed E-state index contributed by atoms with van der Waals surface area (Å²) in [6, 6.07) is 51.5. The van der Waals surface area contributed by atoms with Crippen LogP contribution >= 0.6 is 0 Å². The lowest BCUT2D eigenvalue weighted by Gasteiger charge is -2.20. The molecule has 1 aromatic heterocycles. The van der Waals surface area contributed by atoms with E-state index in [4.69, 9.17) is 0 Å². The van der Waals surface area contributed by atoms with Gasteiger partial charge in [0.15, 0.2) is 0 Å². The first-order valence-corrected chi connectivity index (χ1v) is 15.6. The zero-order valence-electron chi connectivity index (χ0n) is 25.2. The van der Waals surface area contributed by atoms with Gasteiger partial charge in [-0.2, -0.15) is 4.98 Å². The molecular weight excluding hydrogens is 560 g/mol. The molecule has 0 spiro atoms. The summed E-state index contributed by atoms with van der Waals surface area (Å²) >= 11 is 0. The number of aryl methyl sites for hydroxylation is 1. The highest BCUT2D eigenvalue weighted by Gasteiger charge is 2.31. The van der Waals surface area contributed by atoms with Gasteiger partial charge in [-0.05, 0) is 71.6 Å². The van der Waals surface area contributed by atoms with Gasteiger partial charge in [0.05, 0.1) is 5.69 Å². The van der Waals surface area contributed by atoms with Gasteiger partial charge in [0, 0.05) is 24.4 Å². The van der Waals surface area contributed by atoms with Crippen molar-refractivity contribution in [3.8, 4) is 66.9 Å².